The van der Waals surface area contributed by atoms with Crippen LogP contribution < -0.4 is 4.72 Å². The van der Waals surface area contributed by atoms with Crippen LogP contribution in [0.25, 0.3) is 4.96 Å². The van der Waals surface area contributed by atoms with Gasteiger partial charge < -0.3 is 0 Å². The standard InChI is InChI=1S/C15H18N4O2S2/c1-4-11-6-8-12(9-7-11)18-23(20,21)14-10(3)16-15-19(14)17-13(5-2)22-15/h6-9,18H,4-5H2,1-3H3. The van der Waals surface area contributed by atoms with Crippen LogP contribution >= 0.6 is 11.3 Å². The first-order valence-corrected chi connectivity index (χ1v) is 9.71. The summed E-state index contributed by atoms with van der Waals surface area (Å²) in [6.45, 7) is 5.72. The van der Waals surface area contributed by atoms with Gasteiger partial charge in [-0.3, -0.25) is 4.72 Å². The molecule has 3 aromatic rings. The molecule has 0 spiro atoms. The van der Waals surface area contributed by atoms with Crippen molar-refractivity contribution in [2.45, 2.75) is 38.6 Å². The molecule has 0 fully saturated rings. The summed E-state index contributed by atoms with van der Waals surface area (Å²) in [6.07, 6.45) is 1.66. The van der Waals surface area contributed by atoms with Crippen LogP contribution in [0.1, 0.15) is 30.1 Å². The van der Waals surface area contributed by atoms with Crippen molar-refractivity contribution in [1.82, 2.24) is 14.6 Å². The average molecular weight is 350 g/mol. The number of rotatable bonds is 5. The van der Waals surface area contributed by atoms with E-state index in [9.17, 15) is 8.42 Å². The van der Waals surface area contributed by atoms with Gasteiger partial charge in [-0.15, -0.1) is 0 Å². The summed E-state index contributed by atoms with van der Waals surface area (Å²) in [7, 11) is -3.75. The predicted octanol–water partition coefficient (Wildman–Crippen LogP) is 3.02. The van der Waals surface area contributed by atoms with Crippen LogP contribution in [0.5, 0.6) is 0 Å². The van der Waals surface area contributed by atoms with E-state index in [1.54, 1.807) is 19.1 Å². The number of hydrogen-bond acceptors (Lipinski definition) is 5. The molecule has 2 heterocycles. The SMILES string of the molecule is CCc1ccc(NS(=O)(=O)c2c(C)nc3sc(CC)nn23)cc1. The third-order valence-corrected chi connectivity index (χ3v) is 6.07. The maximum absolute atomic E-state index is 12.7. The second-order valence-electron chi connectivity index (χ2n) is 5.20. The first-order chi connectivity index (χ1) is 10.9. The number of hydrogen-bond donors (Lipinski definition) is 1. The molecule has 0 atom stereocenters. The van der Waals surface area contributed by atoms with Gasteiger partial charge in [0.1, 0.15) is 5.01 Å². The molecule has 0 aliphatic rings. The fraction of sp³-hybridized carbons (Fsp3) is 0.333. The number of aryl methyl sites for hydroxylation is 3. The number of aromatic nitrogens is 3. The minimum absolute atomic E-state index is 0.100. The minimum atomic E-state index is -3.75. The second kappa shape index (κ2) is 5.93. The summed E-state index contributed by atoms with van der Waals surface area (Å²) in [5.74, 6) is 0. The van der Waals surface area contributed by atoms with Crippen molar-refractivity contribution in [2.24, 2.45) is 0 Å². The molecule has 0 saturated carbocycles. The zero-order chi connectivity index (χ0) is 16.6. The van der Waals surface area contributed by atoms with E-state index in [0.717, 1.165) is 23.4 Å². The molecule has 122 valence electrons. The molecule has 2 aromatic heterocycles. The number of sulfonamides is 1. The van der Waals surface area contributed by atoms with Gasteiger partial charge in [-0.1, -0.05) is 37.3 Å². The molecular weight excluding hydrogens is 332 g/mol. The van der Waals surface area contributed by atoms with Crippen molar-refractivity contribution in [1.29, 1.82) is 0 Å². The lowest BCUT2D eigenvalue weighted by Crippen LogP contribution is -2.16. The van der Waals surface area contributed by atoms with Crippen LogP contribution in [0.15, 0.2) is 29.3 Å². The molecule has 0 bridgehead atoms. The Hall–Kier alpha value is -1.93. The van der Waals surface area contributed by atoms with Gasteiger partial charge in [0.15, 0.2) is 0 Å². The van der Waals surface area contributed by atoms with Crippen LogP contribution in [-0.2, 0) is 22.9 Å². The van der Waals surface area contributed by atoms with Crippen molar-refractivity contribution < 1.29 is 8.42 Å². The molecule has 0 unspecified atom stereocenters. The lowest BCUT2D eigenvalue weighted by Gasteiger charge is -2.08. The number of anilines is 1. The summed E-state index contributed by atoms with van der Waals surface area (Å²) in [6, 6.07) is 7.36. The predicted molar refractivity (Wildman–Crippen MR) is 91.6 cm³/mol. The van der Waals surface area contributed by atoms with E-state index in [1.165, 1.54) is 15.9 Å². The minimum Gasteiger partial charge on any atom is -0.278 e. The van der Waals surface area contributed by atoms with Gasteiger partial charge in [-0.25, -0.2) is 4.98 Å². The highest BCUT2D eigenvalue weighted by Gasteiger charge is 2.25. The maximum Gasteiger partial charge on any atom is 0.281 e. The van der Waals surface area contributed by atoms with Crippen molar-refractivity contribution in [2.75, 3.05) is 4.72 Å². The molecule has 23 heavy (non-hydrogen) atoms. The number of imidazole rings is 1. The number of nitrogens with zero attached hydrogens (tertiary/aromatic N) is 3. The average Bonchev–Trinajstić information content (AvgIpc) is 3.03. The Morgan fingerprint density at radius 3 is 2.48 bits per heavy atom. The van der Waals surface area contributed by atoms with Gasteiger partial charge >= 0.3 is 0 Å². The lowest BCUT2D eigenvalue weighted by atomic mass is 10.2. The fourth-order valence-electron chi connectivity index (χ4n) is 2.33. The second-order valence-corrected chi connectivity index (χ2v) is 7.84. The highest BCUT2D eigenvalue weighted by Crippen LogP contribution is 2.24. The van der Waals surface area contributed by atoms with E-state index < -0.39 is 10.0 Å². The molecule has 0 aliphatic heterocycles. The third kappa shape index (κ3) is 2.96. The molecule has 0 radical (unpaired) electrons. The first-order valence-electron chi connectivity index (χ1n) is 7.41. The molecule has 1 aromatic carbocycles. The topological polar surface area (TPSA) is 76.4 Å². The van der Waals surface area contributed by atoms with Crippen LogP contribution in [0.3, 0.4) is 0 Å². The van der Waals surface area contributed by atoms with Gasteiger partial charge in [-0.2, -0.15) is 18.0 Å². The highest BCUT2D eigenvalue weighted by molar-refractivity contribution is 7.92. The van der Waals surface area contributed by atoms with Crippen molar-refractivity contribution in [3.8, 4) is 0 Å². The van der Waals surface area contributed by atoms with Crippen molar-refractivity contribution in [3.05, 3.63) is 40.5 Å². The van der Waals surface area contributed by atoms with E-state index >= 15 is 0 Å². The van der Waals surface area contributed by atoms with Gasteiger partial charge in [-0.05, 0) is 37.5 Å². The molecule has 3 rings (SSSR count). The van der Waals surface area contributed by atoms with Crippen LogP contribution in [-0.4, -0.2) is 23.0 Å². The Bertz CT molecular complexity index is 940. The Labute approximate surface area is 139 Å². The molecular formula is C15H18N4O2S2. The summed E-state index contributed by atoms with van der Waals surface area (Å²) in [5.41, 5.74) is 2.13. The summed E-state index contributed by atoms with van der Waals surface area (Å²) in [5, 5.41) is 5.30. The van der Waals surface area contributed by atoms with Gasteiger partial charge in [0.05, 0.1) is 5.69 Å². The number of fused-ring (bicyclic) bond motifs is 1. The van der Waals surface area contributed by atoms with Gasteiger partial charge in [0, 0.05) is 5.69 Å². The van der Waals surface area contributed by atoms with Crippen LogP contribution in [0, 0.1) is 6.92 Å². The molecule has 0 amide bonds. The molecule has 6 nitrogen and oxygen atoms in total. The smallest absolute Gasteiger partial charge is 0.278 e. The Balaban J connectivity index is 2.01. The van der Waals surface area contributed by atoms with Crippen molar-refractivity contribution >= 4 is 32.0 Å². The fourth-order valence-corrected chi connectivity index (χ4v) is 4.60. The van der Waals surface area contributed by atoms with E-state index in [2.05, 4.69) is 21.7 Å². The largest absolute Gasteiger partial charge is 0.281 e. The van der Waals surface area contributed by atoms with Gasteiger partial charge in [0.25, 0.3) is 10.0 Å². The summed E-state index contributed by atoms with van der Waals surface area (Å²) >= 11 is 1.41. The molecule has 8 heteroatoms. The van der Waals surface area contributed by atoms with Gasteiger partial charge in [0.2, 0.25) is 9.99 Å². The van der Waals surface area contributed by atoms with Crippen LogP contribution in [0.4, 0.5) is 5.69 Å². The highest BCUT2D eigenvalue weighted by atomic mass is 32.2. The summed E-state index contributed by atoms with van der Waals surface area (Å²) < 4.78 is 29.5. The molecule has 0 aliphatic carbocycles. The van der Waals surface area contributed by atoms with Crippen molar-refractivity contribution in [3.63, 3.8) is 0 Å². The number of nitrogens with one attached hydrogen (secondary N) is 1. The van der Waals surface area contributed by atoms with E-state index in [0.29, 0.717) is 16.3 Å². The van der Waals surface area contributed by atoms with E-state index in [4.69, 9.17) is 0 Å². The molecule has 0 saturated heterocycles. The summed E-state index contributed by atoms with van der Waals surface area (Å²) in [4.78, 5) is 4.92. The zero-order valence-corrected chi connectivity index (χ0v) is 14.8. The third-order valence-electron chi connectivity index (χ3n) is 3.54. The molecule has 1 N–H and O–H groups in total. The van der Waals surface area contributed by atoms with E-state index in [1.807, 2.05) is 19.1 Å². The Morgan fingerprint density at radius 2 is 1.87 bits per heavy atom. The quantitative estimate of drug-likeness (QED) is 0.767. The normalized spacial score (nSPS) is 12.0. The maximum atomic E-state index is 12.7. The Kier molecular flexibility index (Phi) is 4.11. The zero-order valence-electron chi connectivity index (χ0n) is 13.2. The van der Waals surface area contributed by atoms with Crippen LogP contribution in [0.2, 0.25) is 0 Å². The lowest BCUT2D eigenvalue weighted by molar-refractivity contribution is 0.592. The van der Waals surface area contributed by atoms with E-state index in [-0.39, 0.29) is 5.03 Å². The monoisotopic (exact) mass is 350 g/mol. The Morgan fingerprint density at radius 1 is 1.17 bits per heavy atom. The first kappa shape index (κ1) is 15.9. The number of benzene rings is 1.